The van der Waals surface area contributed by atoms with E-state index in [-0.39, 0.29) is 30.7 Å². The van der Waals surface area contributed by atoms with Crippen LogP contribution in [0.4, 0.5) is 13.2 Å². The summed E-state index contributed by atoms with van der Waals surface area (Å²) in [6.07, 6.45) is -0.334. The van der Waals surface area contributed by atoms with Crippen LogP contribution in [0.1, 0.15) is 31.2 Å². The highest BCUT2D eigenvalue weighted by molar-refractivity contribution is 6.31. The average molecular weight is 264 g/mol. The molecule has 0 saturated heterocycles. The first-order chi connectivity index (χ1) is 7.84. The second kappa shape index (κ2) is 4.18. The van der Waals surface area contributed by atoms with E-state index in [0.717, 1.165) is 0 Å². The zero-order chi connectivity index (χ0) is 12.7. The van der Waals surface area contributed by atoms with E-state index >= 15 is 0 Å². The maximum Gasteiger partial charge on any atom is 0.248 e. The summed E-state index contributed by atoms with van der Waals surface area (Å²) in [6.45, 7) is 0. The van der Waals surface area contributed by atoms with Gasteiger partial charge in [-0.2, -0.15) is 0 Å². The van der Waals surface area contributed by atoms with Gasteiger partial charge in [-0.1, -0.05) is 23.7 Å². The Morgan fingerprint density at radius 3 is 2.29 bits per heavy atom. The molecule has 5 heteroatoms. The zero-order valence-electron chi connectivity index (χ0n) is 9.15. The molecule has 1 nitrogen and oxygen atoms in total. The van der Waals surface area contributed by atoms with Crippen LogP contribution in [-0.4, -0.2) is 5.92 Å². The van der Waals surface area contributed by atoms with Gasteiger partial charge in [0.25, 0.3) is 0 Å². The lowest BCUT2D eigenvalue weighted by Gasteiger charge is -2.37. The van der Waals surface area contributed by atoms with Gasteiger partial charge in [0.2, 0.25) is 5.92 Å². The number of rotatable bonds is 1. The van der Waals surface area contributed by atoms with Crippen LogP contribution in [0, 0.1) is 5.82 Å². The molecule has 1 aromatic rings. The Labute approximate surface area is 103 Å². The lowest BCUT2D eigenvalue weighted by molar-refractivity contribution is -0.0514. The van der Waals surface area contributed by atoms with Crippen molar-refractivity contribution in [1.29, 1.82) is 0 Å². The van der Waals surface area contributed by atoms with Gasteiger partial charge in [0.05, 0.1) is 5.02 Å². The first-order valence-electron chi connectivity index (χ1n) is 5.45. The van der Waals surface area contributed by atoms with Crippen molar-refractivity contribution in [3.8, 4) is 0 Å². The monoisotopic (exact) mass is 263 g/mol. The van der Waals surface area contributed by atoms with Crippen LogP contribution in [0.5, 0.6) is 0 Å². The molecule has 0 atom stereocenters. The number of alkyl halides is 2. The molecule has 0 amide bonds. The molecule has 0 aliphatic heterocycles. The third-order valence-corrected chi connectivity index (χ3v) is 3.75. The van der Waals surface area contributed by atoms with Crippen LogP contribution in [-0.2, 0) is 5.54 Å². The third-order valence-electron chi connectivity index (χ3n) is 3.36. The third kappa shape index (κ3) is 2.43. The van der Waals surface area contributed by atoms with Crippen LogP contribution < -0.4 is 5.73 Å². The summed E-state index contributed by atoms with van der Waals surface area (Å²) in [7, 11) is 0. The van der Waals surface area contributed by atoms with E-state index in [1.807, 2.05) is 0 Å². The Morgan fingerprint density at radius 2 is 1.71 bits per heavy atom. The van der Waals surface area contributed by atoms with Gasteiger partial charge in [0.1, 0.15) is 5.82 Å². The topological polar surface area (TPSA) is 26.0 Å². The van der Waals surface area contributed by atoms with E-state index in [1.165, 1.54) is 12.1 Å². The predicted molar refractivity (Wildman–Crippen MR) is 60.7 cm³/mol. The van der Waals surface area contributed by atoms with E-state index in [0.29, 0.717) is 5.56 Å². The quantitative estimate of drug-likeness (QED) is 0.818. The highest BCUT2D eigenvalue weighted by atomic mass is 35.5. The number of halogens is 4. The maximum atomic E-state index is 13.3. The largest absolute Gasteiger partial charge is 0.321 e. The number of hydrogen-bond acceptors (Lipinski definition) is 1. The highest BCUT2D eigenvalue weighted by Gasteiger charge is 2.43. The molecule has 2 N–H and O–H groups in total. The number of nitrogens with two attached hydrogens (primary N) is 1. The molecule has 94 valence electrons. The average Bonchev–Trinajstić information content (AvgIpc) is 2.27. The van der Waals surface area contributed by atoms with Crippen molar-refractivity contribution < 1.29 is 13.2 Å². The number of benzene rings is 1. The van der Waals surface area contributed by atoms with Gasteiger partial charge in [-0.25, -0.2) is 13.2 Å². The standard InChI is InChI=1S/C12H13ClF3N/c13-10-8(2-1-3-9(10)14)11(17)4-6-12(15,16)7-5-11/h1-3H,4-7,17H2. The molecule has 0 spiro atoms. The van der Waals surface area contributed by atoms with Gasteiger partial charge < -0.3 is 5.73 Å². The van der Waals surface area contributed by atoms with Gasteiger partial charge in [-0.3, -0.25) is 0 Å². The van der Waals surface area contributed by atoms with E-state index in [9.17, 15) is 13.2 Å². The molecule has 0 heterocycles. The summed E-state index contributed by atoms with van der Waals surface area (Å²) in [6, 6.07) is 4.33. The summed E-state index contributed by atoms with van der Waals surface area (Å²) >= 11 is 5.84. The van der Waals surface area contributed by atoms with E-state index in [4.69, 9.17) is 17.3 Å². The van der Waals surface area contributed by atoms with Gasteiger partial charge in [-0.05, 0) is 24.5 Å². The Bertz CT molecular complexity index is 424. The molecule has 2 rings (SSSR count). The van der Waals surface area contributed by atoms with Gasteiger partial charge >= 0.3 is 0 Å². The van der Waals surface area contributed by atoms with E-state index in [2.05, 4.69) is 0 Å². The molecular weight excluding hydrogens is 251 g/mol. The minimum Gasteiger partial charge on any atom is -0.321 e. The second-order valence-electron chi connectivity index (χ2n) is 4.61. The molecule has 1 aromatic carbocycles. The zero-order valence-corrected chi connectivity index (χ0v) is 9.91. The Hall–Kier alpha value is -0.740. The fourth-order valence-corrected chi connectivity index (χ4v) is 2.53. The van der Waals surface area contributed by atoms with Gasteiger partial charge in [0.15, 0.2) is 0 Å². The van der Waals surface area contributed by atoms with Crippen molar-refractivity contribution in [2.45, 2.75) is 37.1 Å². The van der Waals surface area contributed by atoms with Crippen molar-refractivity contribution in [2.24, 2.45) is 5.73 Å². The molecule has 1 aliphatic carbocycles. The van der Waals surface area contributed by atoms with Crippen LogP contribution in [0.2, 0.25) is 5.02 Å². The first kappa shape index (κ1) is 12.7. The normalized spacial score (nSPS) is 22.4. The van der Waals surface area contributed by atoms with E-state index in [1.54, 1.807) is 6.07 Å². The lowest BCUT2D eigenvalue weighted by Crippen LogP contribution is -2.43. The fourth-order valence-electron chi connectivity index (χ4n) is 2.22. The second-order valence-corrected chi connectivity index (χ2v) is 4.99. The molecule has 1 fully saturated rings. The molecule has 0 unspecified atom stereocenters. The molecule has 17 heavy (non-hydrogen) atoms. The minimum absolute atomic E-state index is 0.0554. The van der Waals surface area contributed by atoms with Crippen molar-refractivity contribution in [3.63, 3.8) is 0 Å². The SMILES string of the molecule is NC1(c2cccc(F)c2Cl)CCC(F)(F)CC1. The summed E-state index contributed by atoms with van der Waals surface area (Å²) in [5.41, 5.74) is 5.57. The van der Waals surface area contributed by atoms with Crippen LogP contribution in [0.15, 0.2) is 18.2 Å². The molecule has 1 saturated carbocycles. The lowest BCUT2D eigenvalue weighted by atomic mass is 9.76. The smallest absolute Gasteiger partial charge is 0.248 e. The predicted octanol–water partition coefficient (Wildman–Crippen LogP) is 3.84. The van der Waals surface area contributed by atoms with Gasteiger partial charge in [0, 0.05) is 18.4 Å². The highest BCUT2D eigenvalue weighted by Crippen LogP contribution is 2.44. The van der Waals surface area contributed by atoms with Gasteiger partial charge in [-0.15, -0.1) is 0 Å². The van der Waals surface area contributed by atoms with Crippen molar-refractivity contribution >= 4 is 11.6 Å². The molecule has 0 radical (unpaired) electrons. The van der Waals surface area contributed by atoms with Crippen LogP contribution >= 0.6 is 11.6 Å². The molecule has 1 aliphatic rings. The maximum absolute atomic E-state index is 13.3. The van der Waals surface area contributed by atoms with Crippen LogP contribution in [0.3, 0.4) is 0 Å². The Morgan fingerprint density at radius 1 is 1.12 bits per heavy atom. The minimum atomic E-state index is -2.66. The van der Waals surface area contributed by atoms with Crippen LogP contribution in [0.25, 0.3) is 0 Å². The summed E-state index contributed by atoms with van der Waals surface area (Å²) in [5, 5.41) is -0.0554. The molecule has 0 aromatic heterocycles. The molecule has 0 bridgehead atoms. The number of hydrogen-bond donors (Lipinski definition) is 1. The summed E-state index contributed by atoms with van der Waals surface area (Å²) in [4.78, 5) is 0. The fraction of sp³-hybridized carbons (Fsp3) is 0.500. The van der Waals surface area contributed by atoms with Crippen molar-refractivity contribution in [2.75, 3.05) is 0 Å². The first-order valence-corrected chi connectivity index (χ1v) is 5.83. The molecular formula is C12H13ClF3N. The Balaban J connectivity index is 2.31. The van der Waals surface area contributed by atoms with Crippen molar-refractivity contribution in [3.05, 3.63) is 34.6 Å². The summed E-state index contributed by atoms with van der Waals surface area (Å²) in [5.74, 6) is -3.23. The Kier molecular flexibility index (Phi) is 3.12. The summed E-state index contributed by atoms with van der Waals surface area (Å²) < 4.78 is 39.5. The van der Waals surface area contributed by atoms with Crippen molar-refractivity contribution in [1.82, 2.24) is 0 Å². The van der Waals surface area contributed by atoms with E-state index < -0.39 is 17.3 Å².